The van der Waals surface area contributed by atoms with Crippen LogP contribution in [0.3, 0.4) is 0 Å². The number of rotatable bonds is 10. The van der Waals surface area contributed by atoms with Crippen molar-refractivity contribution in [3.05, 3.63) is 59.8 Å². The van der Waals surface area contributed by atoms with Crippen LogP contribution in [0.15, 0.2) is 48.5 Å². The molecule has 0 spiro atoms. The van der Waals surface area contributed by atoms with Gasteiger partial charge in [-0.2, -0.15) is 5.10 Å². The summed E-state index contributed by atoms with van der Waals surface area (Å²) in [5.41, 5.74) is 1.75. The summed E-state index contributed by atoms with van der Waals surface area (Å²) in [4.78, 5) is 28.1. The molecule has 3 aromatic rings. The van der Waals surface area contributed by atoms with Gasteiger partial charge >= 0.3 is 0 Å². The lowest BCUT2D eigenvalue weighted by Gasteiger charge is -2.22. The normalized spacial score (nSPS) is 11.1. The van der Waals surface area contributed by atoms with E-state index < -0.39 is 0 Å². The van der Waals surface area contributed by atoms with E-state index in [-0.39, 0.29) is 23.8 Å². The topological polar surface area (TPSA) is 94.9 Å². The third kappa shape index (κ3) is 6.81. The standard InChI is InChI=1S/C28H36N4O5/c1-8-13-31(27(34)19-14-22(36-6)16-23(15-19)37-7)18-26(33)29-25-17-24(28(2,3)4)30-32(25)20-9-11-21(35-5)12-10-20/h9-12,14-17H,8,13,18H2,1-7H3,(H,29,33). The highest BCUT2D eigenvalue weighted by Crippen LogP contribution is 2.27. The van der Waals surface area contributed by atoms with E-state index in [1.54, 1.807) is 30.0 Å². The fourth-order valence-electron chi connectivity index (χ4n) is 3.75. The fraction of sp³-hybridized carbons (Fsp3) is 0.393. The van der Waals surface area contributed by atoms with E-state index in [1.165, 1.54) is 19.1 Å². The average molecular weight is 509 g/mol. The lowest BCUT2D eigenvalue weighted by molar-refractivity contribution is -0.116. The summed E-state index contributed by atoms with van der Waals surface area (Å²) in [6.07, 6.45) is 0.693. The first kappa shape index (κ1) is 27.6. The number of anilines is 1. The molecule has 0 saturated heterocycles. The largest absolute Gasteiger partial charge is 0.497 e. The Hall–Kier alpha value is -4.01. The molecule has 0 aliphatic heterocycles. The van der Waals surface area contributed by atoms with Crippen molar-refractivity contribution in [1.82, 2.24) is 14.7 Å². The predicted octanol–water partition coefficient (Wildman–Crippen LogP) is 4.69. The second-order valence-electron chi connectivity index (χ2n) is 9.65. The number of aromatic nitrogens is 2. The van der Waals surface area contributed by atoms with Gasteiger partial charge in [-0.05, 0) is 42.8 Å². The fourth-order valence-corrected chi connectivity index (χ4v) is 3.75. The summed E-state index contributed by atoms with van der Waals surface area (Å²) in [7, 11) is 4.66. The van der Waals surface area contributed by atoms with Crippen LogP contribution in [-0.2, 0) is 10.2 Å². The highest BCUT2D eigenvalue weighted by Gasteiger charge is 2.24. The zero-order valence-electron chi connectivity index (χ0n) is 22.6. The highest BCUT2D eigenvalue weighted by atomic mass is 16.5. The van der Waals surface area contributed by atoms with E-state index in [4.69, 9.17) is 19.3 Å². The lowest BCUT2D eigenvalue weighted by Crippen LogP contribution is -2.38. The van der Waals surface area contributed by atoms with Gasteiger partial charge in [0, 0.05) is 29.7 Å². The van der Waals surface area contributed by atoms with E-state index in [2.05, 4.69) is 26.1 Å². The number of amides is 2. The van der Waals surface area contributed by atoms with Crippen molar-refractivity contribution in [2.45, 2.75) is 39.5 Å². The predicted molar refractivity (Wildman–Crippen MR) is 143 cm³/mol. The molecule has 0 bridgehead atoms. The third-order valence-corrected chi connectivity index (χ3v) is 5.78. The minimum absolute atomic E-state index is 0.120. The zero-order valence-corrected chi connectivity index (χ0v) is 22.6. The molecule has 0 fully saturated rings. The van der Waals surface area contributed by atoms with Gasteiger partial charge in [0.25, 0.3) is 5.91 Å². The maximum atomic E-state index is 13.3. The molecule has 0 aliphatic carbocycles. The molecular formula is C28H36N4O5. The first-order chi connectivity index (χ1) is 17.6. The Morgan fingerprint density at radius 2 is 1.51 bits per heavy atom. The molecule has 1 aromatic heterocycles. The summed E-state index contributed by atoms with van der Waals surface area (Å²) >= 11 is 0. The van der Waals surface area contributed by atoms with E-state index in [0.717, 1.165) is 17.1 Å². The maximum absolute atomic E-state index is 13.3. The highest BCUT2D eigenvalue weighted by molar-refractivity contribution is 5.99. The van der Waals surface area contributed by atoms with Crippen LogP contribution >= 0.6 is 0 Å². The van der Waals surface area contributed by atoms with Crippen molar-refractivity contribution in [3.63, 3.8) is 0 Å². The number of nitrogens with zero attached hydrogens (tertiary/aromatic N) is 3. The van der Waals surface area contributed by atoms with Crippen molar-refractivity contribution >= 4 is 17.6 Å². The molecule has 9 heteroatoms. The van der Waals surface area contributed by atoms with Crippen LogP contribution in [-0.4, -0.2) is 60.9 Å². The zero-order chi connectivity index (χ0) is 27.2. The quantitative estimate of drug-likeness (QED) is 0.427. The lowest BCUT2D eigenvalue weighted by atomic mass is 9.92. The first-order valence-corrected chi connectivity index (χ1v) is 12.2. The van der Waals surface area contributed by atoms with Crippen molar-refractivity contribution < 1.29 is 23.8 Å². The molecule has 0 atom stereocenters. The SMILES string of the molecule is CCCN(CC(=O)Nc1cc(C(C)(C)C)nn1-c1ccc(OC)cc1)C(=O)c1cc(OC)cc(OC)c1. The number of methoxy groups -OCH3 is 3. The van der Waals surface area contributed by atoms with Gasteiger partial charge in [-0.15, -0.1) is 0 Å². The third-order valence-electron chi connectivity index (χ3n) is 5.78. The molecule has 0 unspecified atom stereocenters. The number of carbonyl (C=O) groups excluding carboxylic acids is 2. The van der Waals surface area contributed by atoms with Crippen molar-refractivity contribution in [1.29, 1.82) is 0 Å². The molecule has 37 heavy (non-hydrogen) atoms. The second-order valence-corrected chi connectivity index (χ2v) is 9.65. The number of nitrogens with one attached hydrogen (secondary N) is 1. The number of hydrogen-bond acceptors (Lipinski definition) is 6. The Balaban J connectivity index is 1.87. The van der Waals surface area contributed by atoms with Gasteiger partial charge in [0.05, 0.1) is 32.7 Å². The van der Waals surface area contributed by atoms with Gasteiger partial charge in [0.2, 0.25) is 5.91 Å². The van der Waals surface area contributed by atoms with Crippen molar-refractivity contribution in [2.75, 3.05) is 39.7 Å². The van der Waals surface area contributed by atoms with Crippen LogP contribution in [0.4, 0.5) is 5.82 Å². The van der Waals surface area contributed by atoms with Crippen molar-refractivity contribution in [2.24, 2.45) is 0 Å². The smallest absolute Gasteiger partial charge is 0.254 e. The van der Waals surface area contributed by atoms with E-state index in [1.807, 2.05) is 37.3 Å². The van der Waals surface area contributed by atoms with Gasteiger partial charge in [0.15, 0.2) is 0 Å². The van der Waals surface area contributed by atoms with Gasteiger partial charge in [-0.25, -0.2) is 4.68 Å². The number of hydrogen-bond donors (Lipinski definition) is 1. The molecule has 1 N–H and O–H groups in total. The van der Waals surface area contributed by atoms with Crippen LogP contribution in [0.25, 0.3) is 5.69 Å². The molecule has 9 nitrogen and oxygen atoms in total. The minimum atomic E-state index is -0.327. The molecule has 0 radical (unpaired) electrons. The maximum Gasteiger partial charge on any atom is 0.254 e. The molecule has 0 saturated carbocycles. The summed E-state index contributed by atoms with van der Waals surface area (Å²) in [5.74, 6) is 1.64. The van der Waals surface area contributed by atoms with Crippen LogP contribution in [0.2, 0.25) is 0 Å². The average Bonchev–Trinajstić information content (AvgIpc) is 3.31. The summed E-state index contributed by atoms with van der Waals surface area (Å²) in [5, 5.41) is 7.71. The van der Waals surface area contributed by atoms with Crippen LogP contribution < -0.4 is 19.5 Å². The van der Waals surface area contributed by atoms with E-state index in [0.29, 0.717) is 35.8 Å². The van der Waals surface area contributed by atoms with Gasteiger partial charge < -0.3 is 24.4 Å². The number of carbonyl (C=O) groups is 2. The van der Waals surface area contributed by atoms with Gasteiger partial charge in [0.1, 0.15) is 29.6 Å². The Bertz CT molecular complexity index is 1210. The summed E-state index contributed by atoms with van der Waals surface area (Å²) < 4.78 is 17.6. The Morgan fingerprint density at radius 3 is 2.03 bits per heavy atom. The van der Waals surface area contributed by atoms with E-state index in [9.17, 15) is 9.59 Å². The van der Waals surface area contributed by atoms with Crippen LogP contribution in [0.5, 0.6) is 17.2 Å². The van der Waals surface area contributed by atoms with Crippen LogP contribution in [0.1, 0.15) is 50.2 Å². The molecule has 2 aromatic carbocycles. The molecule has 198 valence electrons. The summed E-state index contributed by atoms with van der Waals surface area (Å²) in [6.45, 7) is 8.43. The Kier molecular flexibility index (Phi) is 8.81. The molecule has 2 amide bonds. The van der Waals surface area contributed by atoms with Gasteiger partial charge in [-0.1, -0.05) is 27.7 Å². The van der Waals surface area contributed by atoms with Crippen LogP contribution in [0, 0.1) is 0 Å². The number of benzene rings is 2. The van der Waals surface area contributed by atoms with Crippen molar-refractivity contribution in [3.8, 4) is 22.9 Å². The monoisotopic (exact) mass is 508 g/mol. The molecular weight excluding hydrogens is 472 g/mol. The van der Waals surface area contributed by atoms with E-state index >= 15 is 0 Å². The molecule has 3 rings (SSSR count). The van der Waals surface area contributed by atoms with Gasteiger partial charge in [-0.3, -0.25) is 9.59 Å². The molecule has 1 heterocycles. The minimum Gasteiger partial charge on any atom is -0.497 e. The summed E-state index contributed by atoms with van der Waals surface area (Å²) in [6, 6.07) is 14.3. The number of ether oxygens (including phenoxy) is 3. The first-order valence-electron chi connectivity index (χ1n) is 12.2. The second kappa shape index (κ2) is 11.8. The Morgan fingerprint density at radius 1 is 0.919 bits per heavy atom. The Labute approximate surface area is 218 Å². The molecule has 0 aliphatic rings.